The Balaban J connectivity index is 2.04. The van der Waals surface area contributed by atoms with Crippen molar-refractivity contribution < 1.29 is 9.59 Å². The van der Waals surface area contributed by atoms with Crippen molar-refractivity contribution >= 4 is 50.8 Å². The molecule has 2 amide bonds. The van der Waals surface area contributed by atoms with Gasteiger partial charge < -0.3 is 11.1 Å². The first-order valence-corrected chi connectivity index (χ1v) is 7.85. The number of halogens is 1. The third-order valence-electron chi connectivity index (χ3n) is 3.07. The molecule has 0 aliphatic carbocycles. The molecule has 0 radical (unpaired) electrons. The Morgan fingerprint density at radius 2 is 1.87 bits per heavy atom. The number of amides is 2. The molecule has 0 saturated heterocycles. The summed E-state index contributed by atoms with van der Waals surface area (Å²) in [5.74, 6) is -0.859. The molecule has 0 fully saturated rings. The standard InChI is InChI=1S/C16H14BrN3O2S/c1-9-5-6-11(8-13(9)17)15(22)20-16(23)19-12-4-2-3-10(7-12)14(18)21/h2-8H,1H3,(H2,18,21)(H2,19,20,22,23). The van der Waals surface area contributed by atoms with Crippen LogP contribution in [0.5, 0.6) is 0 Å². The van der Waals surface area contributed by atoms with E-state index in [2.05, 4.69) is 26.6 Å². The number of primary amides is 1. The minimum Gasteiger partial charge on any atom is -0.366 e. The van der Waals surface area contributed by atoms with Crippen molar-refractivity contribution in [3.8, 4) is 0 Å². The summed E-state index contributed by atoms with van der Waals surface area (Å²) in [4.78, 5) is 23.3. The van der Waals surface area contributed by atoms with Crippen molar-refractivity contribution in [3.05, 3.63) is 63.6 Å². The van der Waals surface area contributed by atoms with Crippen molar-refractivity contribution in [2.75, 3.05) is 5.32 Å². The summed E-state index contributed by atoms with van der Waals surface area (Å²) < 4.78 is 0.846. The number of anilines is 1. The van der Waals surface area contributed by atoms with Crippen LogP contribution in [0, 0.1) is 6.92 Å². The van der Waals surface area contributed by atoms with Crippen LogP contribution in [-0.2, 0) is 0 Å². The van der Waals surface area contributed by atoms with Crippen LogP contribution in [0.1, 0.15) is 26.3 Å². The predicted molar refractivity (Wildman–Crippen MR) is 97.5 cm³/mol. The lowest BCUT2D eigenvalue weighted by Gasteiger charge is -2.10. The molecular weight excluding hydrogens is 378 g/mol. The molecule has 0 aliphatic rings. The number of hydrogen-bond donors (Lipinski definition) is 3. The van der Waals surface area contributed by atoms with E-state index in [0.717, 1.165) is 10.0 Å². The molecular formula is C16H14BrN3O2S. The summed E-state index contributed by atoms with van der Waals surface area (Å²) in [6.45, 7) is 1.93. The summed E-state index contributed by atoms with van der Waals surface area (Å²) in [5, 5.41) is 5.56. The molecule has 0 unspecified atom stereocenters. The Bertz CT molecular complexity index is 793. The van der Waals surface area contributed by atoms with Crippen LogP contribution in [0.3, 0.4) is 0 Å². The Morgan fingerprint density at radius 3 is 2.52 bits per heavy atom. The van der Waals surface area contributed by atoms with Crippen LogP contribution < -0.4 is 16.4 Å². The van der Waals surface area contributed by atoms with Crippen molar-refractivity contribution in [3.63, 3.8) is 0 Å². The van der Waals surface area contributed by atoms with Gasteiger partial charge >= 0.3 is 0 Å². The number of nitrogens with two attached hydrogens (primary N) is 1. The Morgan fingerprint density at radius 1 is 1.13 bits per heavy atom. The van der Waals surface area contributed by atoms with E-state index in [4.69, 9.17) is 18.0 Å². The van der Waals surface area contributed by atoms with E-state index in [1.54, 1.807) is 36.4 Å². The van der Waals surface area contributed by atoms with Crippen LogP contribution in [0.2, 0.25) is 0 Å². The normalized spacial score (nSPS) is 10.0. The van der Waals surface area contributed by atoms with Gasteiger partial charge in [-0.25, -0.2) is 0 Å². The van der Waals surface area contributed by atoms with Gasteiger partial charge in [0.05, 0.1) is 0 Å². The van der Waals surface area contributed by atoms with Crippen LogP contribution in [0.4, 0.5) is 5.69 Å². The summed E-state index contributed by atoms with van der Waals surface area (Å²) in [6, 6.07) is 11.8. The zero-order valence-corrected chi connectivity index (χ0v) is 14.6. The van der Waals surface area contributed by atoms with E-state index in [1.807, 2.05) is 13.0 Å². The number of benzene rings is 2. The Kier molecular flexibility index (Phi) is 5.46. The zero-order chi connectivity index (χ0) is 17.0. The molecule has 4 N–H and O–H groups in total. The maximum Gasteiger partial charge on any atom is 0.257 e. The number of carbonyl (C=O) groups is 2. The van der Waals surface area contributed by atoms with Gasteiger partial charge in [0.15, 0.2) is 5.11 Å². The quantitative estimate of drug-likeness (QED) is 0.702. The highest BCUT2D eigenvalue weighted by Crippen LogP contribution is 2.17. The van der Waals surface area contributed by atoms with E-state index in [-0.39, 0.29) is 11.0 Å². The van der Waals surface area contributed by atoms with E-state index in [9.17, 15) is 9.59 Å². The van der Waals surface area contributed by atoms with Crippen LogP contribution in [0.15, 0.2) is 46.9 Å². The van der Waals surface area contributed by atoms with E-state index < -0.39 is 5.91 Å². The van der Waals surface area contributed by atoms with Gasteiger partial charge in [-0.2, -0.15) is 0 Å². The molecule has 0 aromatic heterocycles. The molecule has 2 aromatic rings. The Hall–Kier alpha value is -2.25. The van der Waals surface area contributed by atoms with Gasteiger partial charge in [0.25, 0.3) is 5.91 Å². The number of aryl methyl sites for hydroxylation is 1. The largest absolute Gasteiger partial charge is 0.366 e. The highest BCUT2D eigenvalue weighted by atomic mass is 79.9. The number of nitrogens with one attached hydrogen (secondary N) is 2. The second-order valence-corrected chi connectivity index (χ2v) is 6.08. The third kappa shape index (κ3) is 4.61. The van der Waals surface area contributed by atoms with Gasteiger partial charge in [0.2, 0.25) is 5.91 Å². The summed E-state index contributed by atoms with van der Waals surface area (Å²) in [5.41, 5.74) is 7.66. The molecule has 0 bridgehead atoms. The van der Waals surface area contributed by atoms with Gasteiger partial charge in [-0.05, 0) is 55.0 Å². The highest BCUT2D eigenvalue weighted by molar-refractivity contribution is 9.10. The highest BCUT2D eigenvalue weighted by Gasteiger charge is 2.10. The van der Waals surface area contributed by atoms with Crippen molar-refractivity contribution in [1.82, 2.24) is 5.32 Å². The summed E-state index contributed by atoms with van der Waals surface area (Å²) >= 11 is 8.49. The number of rotatable bonds is 3. The van der Waals surface area contributed by atoms with Crippen molar-refractivity contribution in [2.45, 2.75) is 6.92 Å². The van der Waals surface area contributed by atoms with Crippen LogP contribution >= 0.6 is 28.1 Å². The first kappa shape index (κ1) is 17.1. The average molecular weight is 392 g/mol. The number of carbonyl (C=O) groups excluding carboxylic acids is 2. The molecule has 118 valence electrons. The summed E-state index contributed by atoms with van der Waals surface area (Å²) in [6.07, 6.45) is 0. The first-order valence-electron chi connectivity index (χ1n) is 6.65. The second-order valence-electron chi connectivity index (χ2n) is 4.82. The molecule has 0 spiro atoms. The molecule has 0 saturated carbocycles. The van der Waals surface area contributed by atoms with Crippen molar-refractivity contribution in [1.29, 1.82) is 0 Å². The monoisotopic (exact) mass is 391 g/mol. The average Bonchev–Trinajstić information content (AvgIpc) is 2.50. The molecule has 0 aliphatic heterocycles. The van der Waals surface area contributed by atoms with E-state index in [1.165, 1.54) is 0 Å². The van der Waals surface area contributed by atoms with Gasteiger partial charge in [-0.1, -0.05) is 28.1 Å². The maximum absolute atomic E-state index is 12.2. The van der Waals surface area contributed by atoms with Gasteiger partial charge in [-0.15, -0.1) is 0 Å². The fourth-order valence-corrected chi connectivity index (χ4v) is 2.41. The van der Waals surface area contributed by atoms with Crippen LogP contribution in [0.25, 0.3) is 0 Å². The predicted octanol–water partition coefficient (Wildman–Crippen LogP) is 2.98. The molecule has 0 atom stereocenters. The maximum atomic E-state index is 12.2. The lowest BCUT2D eigenvalue weighted by Crippen LogP contribution is -2.34. The smallest absolute Gasteiger partial charge is 0.257 e. The molecule has 23 heavy (non-hydrogen) atoms. The molecule has 5 nitrogen and oxygen atoms in total. The SMILES string of the molecule is Cc1ccc(C(=O)NC(=S)Nc2cccc(C(N)=O)c2)cc1Br. The number of hydrogen-bond acceptors (Lipinski definition) is 3. The molecule has 0 heterocycles. The van der Waals surface area contributed by atoms with Gasteiger partial charge in [0, 0.05) is 21.3 Å². The minimum absolute atomic E-state index is 0.133. The number of thiocarbonyl (C=S) groups is 1. The molecule has 7 heteroatoms. The first-order chi connectivity index (χ1) is 10.9. The second kappa shape index (κ2) is 7.34. The molecule has 2 aromatic carbocycles. The lowest BCUT2D eigenvalue weighted by molar-refractivity contribution is 0.0974. The summed E-state index contributed by atoms with van der Waals surface area (Å²) in [7, 11) is 0. The van der Waals surface area contributed by atoms with E-state index in [0.29, 0.717) is 16.8 Å². The minimum atomic E-state index is -0.534. The van der Waals surface area contributed by atoms with E-state index >= 15 is 0 Å². The third-order valence-corrected chi connectivity index (χ3v) is 4.12. The van der Waals surface area contributed by atoms with Gasteiger partial charge in [0.1, 0.15) is 0 Å². The molecule has 2 rings (SSSR count). The fraction of sp³-hybridized carbons (Fsp3) is 0.0625. The lowest BCUT2D eigenvalue weighted by atomic mass is 10.1. The van der Waals surface area contributed by atoms with Crippen LogP contribution in [-0.4, -0.2) is 16.9 Å². The van der Waals surface area contributed by atoms with Gasteiger partial charge in [-0.3, -0.25) is 14.9 Å². The topological polar surface area (TPSA) is 84.2 Å². The Labute approximate surface area is 147 Å². The fourth-order valence-electron chi connectivity index (χ4n) is 1.82. The zero-order valence-electron chi connectivity index (χ0n) is 12.2. The van der Waals surface area contributed by atoms with Crippen molar-refractivity contribution in [2.24, 2.45) is 5.73 Å².